The van der Waals surface area contributed by atoms with Crippen LogP contribution in [0, 0.1) is 0 Å². The first-order chi connectivity index (χ1) is 8.25. The summed E-state index contributed by atoms with van der Waals surface area (Å²) >= 11 is 0. The van der Waals surface area contributed by atoms with Crippen molar-refractivity contribution in [3.05, 3.63) is 6.33 Å². The molecule has 0 radical (unpaired) electrons. The smallest absolute Gasteiger partial charge is 0.241 e. The maximum Gasteiger partial charge on any atom is 0.241 e. The molecule has 1 atom stereocenters. The van der Waals surface area contributed by atoms with Gasteiger partial charge in [0.1, 0.15) is 12.9 Å². The van der Waals surface area contributed by atoms with Gasteiger partial charge in [0.25, 0.3) is 0 Å². The van der Waals surface area contributed by atoms with Crippen molar-refractivity contribution in [1.82, 2.24) is 30.4 Å². The number of tetrazole rings is 1. The van der Waals surface area contributed by atoms with Gasteiger partial charge in [0.15, 0.2) is 0 Å². The Hall–Kier alpha value is -1.50. The highest BCUT2D eigenvalue weighted by molar-refractivity contribution is 5.75. The normalized spacial score (nSPS) is 18.2. The third-order valence-corrected chi connectivity index (χ3v) is 3.06. The minimum atomic E-state index is -0.0525. The molecule has 1 aromatic heterocycles. The Kier molecular flexibility index (Phi) is 4.03. The Balaban J connectivity index is 1.68. The van der Waals surface area contributed by atoms with E-state index in [4.69, 9.17) is 0 Å². The first-order valence-corrected chi connectivity index (χ1v) is 5.97. The molecular formula is C10H18N6O. The van der Waals surface area contributed by atoms with Crippen molar-refractivity contribution in [2.24, 2.45) is 0 Å². The number of likely N-dealkylation sites (tertiary alicyclic amines) is 1. The lowest BCUT2D eigenvalue weighted by Gasteiger charge is -2.23. The van der Waals surface area contributed by atoms with E-state index in [1.807, 2.05) is 0 Å². The lowest BCUT2D eigenvalue weighted by molar-refractivity contribution is -0.122. The Morgan fingerprint density at radius 1 is 1.47 bits per heavy atom. The Morgan fingerprint density at radius 2 is 2.24 bits per heavy atom. The number of nitrogens with one attached hydrogen (secondary N) is 1. The monoisotopic (exact) mass is 238 g/mol. The number of carbonyl (C=O) groups excluding carboxylic acids is 1. The van der Waals surface area contributed by atoms with Crippen LogP contribution in [-0.4, -0.2) is 56.7 Å². The maximum atomic E-state index is 11.6. The highest BCUT2D eigenvalue weighted by atomic mass is 16.2. The minimum absolute atomic E-state index is 0.0525. The molecular weight excluding hydrogens is 220 g/mol. The fourth-order valence-electron chi connectivity index (χ4n) is 2.03. The zero-order valence-electron chi connectivity index (χ0n) is 10.0. The van der Waals surface area contributed by atoms with Crippen LogP contribution in [0.25, 0.3) is 0 Å². The summed E-state index contributed by atoms with van der Waals surface area (Å²) in [6, 6.07) is 0.398. The third kappa shape index (κ3) is 3.48. The van der Waals surface area contributed by atoms with Crippen LogP contribution in [0.1, 0.15) is 19.8 Å². The van der Waals surface area contributed by atoms with E-state index in [0.717, 1.165) is 13.1 Å². The summed E-state index contributed by atoms with van der Waals surface area (Å²) in [6.45, 7) is 5.29. The van der Waals surface area contributed by atoms with Gasteiger partial charge in [0.05, 0.1) is 0 Å². The van der Waals surface area contributed by atoms with Gasteiger partial charge in [-0.2, -0.15) is 0 Å². The second kappa shape index (κ2) is 5.72. The molecule has 0 saturated carbocycles. The molecule has 7 heteroatoms. The second-order valence-corrected chi connectivity index (χ2v) is 4.40. The molecule has 1 unspecified atom stereocenters. The zero-order chi connectivity index (χ0) is 12.1. The highest BCUT2D eigenvalue weighted by Crippen LogP contribution is 2.10. The largest absolute Gasteiger partial charge is 0.353 e. The van der Waals surface area contributed by atoms with Gasteiger partial charge in [-0.1, -0.05) is 0 Å². The molecule has 0 aromatic carbocycles. The van der Waals surface area contributed by atoms with Gasteiger partial charge in [0, 0.05) is 12.6 Å². The highest BCUT2D eigenvalue weighted by Gasteiger charge is 2.18. The topological polar surface area (TPSA) is 75.9 Å². The molecule has 1 fully saturated rings. The number of rotatable bonds is 5. The number of amides is 1. The zero-order valence-corrected chi connectivity index (χ0v) is 10.0. The van der Waals surface area contributed by atoms with Crippen LogP contribution in [0.5, 0.6) is 0 Å². The van der Waals surface area contributed by atoms with Crippen molar-refractivity contribution < 1.29 is 4.79 Å². The summed E-state index contributed by atoms with van der Waals surface area (Å²) in [5.74, 6) is -0.0525. The average Bonchev–Trinajstić information content (AvgIpc) is 2.97. The average molecular weight is 238 g/mol. The lowest BCUT2D eigenvalue weighted by atomic mass is 10.3. The predicted molar refractivity (Wildman–Crippen MR) is 61.1 cm³/mol. The fourth-order valence-corrected chi connectivity index (χ4v) is 2.03. The summed E-state index contributed by atoms with van der Waals surface area (Å²) in [7, 11) is 0. The third-order valence-electron chi connectivity index (χ3n) is 3.06. The lowest BCUT2D eigenvalue weighted by Crippen LogP contribution is -2.41. The van der Waals surface area contributed by atoms with Crippen LogP contribution < -0.4 is 5.32 Å². The van der Waals surface area contributed by atoms with Crippen molar-refractivity contribution in [2.75, 3.05) is 19.6 Å². The Labute approximate surface area is 100 Å². The van der Waals surface area contributed by atoms with Crippen molar-refractivity contribution in [1.29, 1.82) is 0 Å². The second-order valence-electron chi connectivity index (χ2n) is 4.40. The summed E-state index contributed by atoms with van der Waals surface area (Å²) < 4.78 is 1.41. The van der Waals surface area contributed by atoms with E-state index in [2.05, 4.69) is 32.7 Å². The standard InChI is InChI=1S/C10H18N6O/c1-9(15-4-2-3-5-15)6-11-10(17)7-16-8-12-13-14-16/h8-9H,2-7H2,1H3,(H,11,17). The summed E-state index contributed by atoms with van der Waals surface area (Å²) in [5, 5.41) is 13.5. The summed E-state index contributed by atoms with van der Waals surface area (Å²) in [6.07, 6.45) is 3.97. The molecule has 7 nitrogen and oxygen atoms in total. The Bertz CT molecular complexity index is 346. The van der Waals surface area contributed by atoms with Gasteiger partial charge in [0.2, 0.25) is 5.91 Å². The molecule has 94 valence electrons. The quantitative estimate of drug-likeness (QED) is 0.732. The molecule has 0 bridgehead atoms. The van der Waals surface area contributed by atoms with Crippen LogP contribution in [0.15, 0.2) is 6.33 Å². The van der Waals surface area contributed by atoms with Crippen molar-refractivity contribution in [3.63, 3.8) is 0 Å². The molecule has 0 aliphatic carbocycles. The van der Waals surface area contributed by atoms with E-state index >= 15 is 0 Å². The molecule has 2 heterocycles. The van der Waals surface area contributed by atoms with Crippen LogP contribution in [0.3, 0.4) is 0 Å². The van der Waals surface area contributed by atoms with Crippen LogP contribution >= 0.6 is 0 Å². The van der Waals surface area contributed by atoms with E-state index in [9.17, 15) is 4.79 Å². The molecule has 0 spiro atoms. The van der Waals surface area contributed by atoms with Crippen LogP contribution in [0.4, 0.5) is 0 Å². The molecule has 2 rings (SSSR count). The fraction of sp³-hybridized carbons (Fsp3) is 0.800. The van der Waals surface area contributed by atoms with Crippen molar-refractivity contribution in [3.8, 4) is 0 Å². The minimum Gasteiger partial charge on any atom is -0.353 e. The Morgan fingerprint density at radius 3 is 2.88 bits per heavy atom. The summed E-state index contributed by atoms with van der Waals surface area (Å²) in [4.78, 5) is 14.0. The van der Waals surface area contributed by atoms with Crippen molar-refractivity contribution in [2.45, 2.75) is 32.4 Å². The number of hydrogen-bond acceptors (Lipinski definition) is 5. The van der Waals surface area contributed by atoms with E-state index < -0.39 is 0 Å². The molecule has 1 aliphatic heterocycles. The van der Waals surface area contributed by atoms with E-state index in [1.54, 1.807) is 0 Å². The first kappa shape index (κ1) is 12.0. The predicted octanol–water partition coefficient (Wildman–Crippen LogP) is -0.726. The van der Waals surface area contributed by atoms with Crippen LogP contribution in [-0.2, 0) is 11.3 Å². The van der Waals surface area contributed by atoms with E-state index in [-0.39, 0.29) is 12.5 Å². The number of carbonyl (C=O) groups is 1. The van der Waals surface area contributed by atoms with Gasteiger partial charge in [-0.3, -0.25) is 9.69 Å². The molecule has 1 aromatic rings. The van der Waals surface area contributed by atoms with Crippen LogP contribution in [0.2, 0.25) is 0 Å². The van der Waals surface area contributed by atoms with Gasteiger partial charge in [-0.15, -0.1) is 5.10 Å². The van der Waals surface area contributed by atoms with Gasteiger partial charge < -0.3 is 5.32 Å². The molecule has 1 saturated heterocycles. The van der Waals surface area contributed by atoms with E-state index in [1.165, 1.54) is 23.9 Å². The molecule has 1 amide bonds. The molecule has 1 aliphatic rings. The van der Waals surface area contributed by atoms with Gasteiger partial charge >= 0.3 is 0 Å². The summed E-state index contributed by atoms with van der Waals surface area (Å²) in [5.41, 5.74) is 0. The first-order valence-electron chi connectivity index (χ1n) is 5.97. The number of hydrogen-bond donors (Lipinski definition) is 1. The molecule has 17 heavy (non-hydrogen) atoms. The van der Waals surface area contributed by atoms with Gasteiger partial charge in [-0.25, -0.2) is 4.68 Å². The van der Waals surface area contributed by atoms with Gasteiger partial charge in [-0.05, 0) is 43.3 Å². The molecule has 1 N–H and O–H groups in total. The van der Waals surface area contributed by atoms with E-state index in [0.29, 0.717) is 12.6 Å². The van der Waals surface area contributed by atoms with Crippen molar-refractivity contribution >= 4 is 5.91 Å². The maximum absolute atomic E-state index is 11.6. The number of nitrogens with zero attached hydrogens (tertiary/aromatic N) is 5. The number of aromatic nitrogens is 4. The SMILES string of the molecule is CC(CNC(=O)Cn1cnnn1)N1CCCC1.